The predicted molar refractivity (Wildman–Crippen MR) is 79.3 cm³/mol. The Morgan fingerprint density at radius 3 is 2.80 bits per heavy atom. The van der Waals surface area contributed by atoms with Crippen LogP contribution in [-0.2, 0) is 6.54 Å². The molecule has 4 heteroatoms. The first-order chi connectivity index (χ1) is 9.63. The number of methoxy groups -OCH3 is 2. The highest BCUT2D eigenvalue weighted by atomic mass is 16.5. The fourth-order valence-corrected chi connectivity index (χ4v) is 2.99. The van der Waals surface area contributed by atoms with Crippen LogP contribution in [0.5, 0.6) is 11.5 Å². The maximum absolute atomic E-state index is 9.61. The molecule has 0 spiro atoms. The van der Waals surface area contributed by atoms with Gasteiger partial charge in [0.05, 0.1) is 20.3 Å². The van der Waals surface area contributed by atoms with E-state index in [0.717, 1.165) is 43.0 Å². The van der Waals surface area contributed by atoms with E-state index in [4.69, 9.17) is 9.47 Å². The first kappa shape index (κ1) is 15.1. The van der Waals surface area contributed by atoms with Gasteiger partial charge in [-0.3, -0.25) is 4.90 Å². The van der Waals surface area contributed by atoms with Crippen LogP contribution in [-0.4, -0.2) is 42.9 Å². The van der Waals surface area contributed by atoms with E-state index < -0.39 is 0 Å². The fraction of sp³-hybridized carbons (Fsp3) is 0.625. The zero-order valence-corrected chi connectivity index (χ0v) is 12.6. The number of benzene rings is 1. The van der Waals surface area contributed by atoms with Gasteiger partial charge in [0.1, 0.15) is 11.5 Å². The zero-order chi connectivity index (χ0) is 14.5. The number of ether oxygens (including phenoxy) is 2. The molecule has 1 aromatic rings. The van der Waals surface area contributed by atoms with Gasteiger partial charge in [0.25, 0.3) is 0 Å². The van der Waals surface area contributed by atoms with E-state index in [-0.39, 0.29) is 6.10 Å². The molecule has 2 atom stereocenters. The molecule has 0 aliphatic carbocycles. The lowest BCUT2D eigenvalue weighted by Crippen LogP contribution is -2.31. The standard InChI is InChI=1S/C16H25NO3/c1-12(18)9-14-5-4-8-17(14)11-13-10-15(19-2)6-7-16(13)20-3/h6-7,10,12,14,18H,4-5,8-9,11H2,1-3H3. The van der Waals surface area contributed by atoms with E-state index in [1.54, 1.807) is 14.2 Å². The van der Waals surface area contributed by atoms with Gasteiger partial charge in [0.15, 0.2) is 0 Å². The number of nitrogens with zero attached hydrogens (tertiary/aromatic N) is 1. The van der Waals surface area contributed by atoms with Crippen LogP contribution < -0.4 is 9.47 Å². The lowest BCUT2D eigenvalue weighted by atomic mass is 10.1. The molecule has 0 bridgehead atoms. The van der Waals surface area contributed by atoms with Gasteiger partial charge in [-0.05, 0) is 50.9 Å². The Morgan fingerprint density at radius 2 is 2.15 bits per heavy atom. The van der Waals surface area contributed by atoms with Crippen LogP contribution >= 0.6 is 0 Å². The summed E-state index contributed by atoms with van der Waals surface area (Å²) in [6, 6.07) is 6.37. The van der Waals surface area contributed by atoms with Gasteiger partial charge in [0.2, 0.25) is 0 Å². The fourth-order valence-electron chi connectivity index (χ4n) is 2.99. The smallest absolute Gasteiger partial charge is 0.123 e. The second-order valence-electron chi connectivity index (χ2n) is 5.53. The van der Waals surface area contributed by atoms with E-state index >= 15 is 0 Å². The number of hydrogen-bond acceptors (Lipinski definition) is 4. The van der Waals surface area contributed by atoms with Crippen molar-refractivity contribution in [2.24, 2.45) is 0 Å². The average molecular weight is 279 g/mol. The summed E-state index contributed by atoms with van der Waals surface area (Å²) in [6.07, 6.45) is 2.96. The van der Waals surface area contributed by atoms with Gasteiger partial charge in [-0.1, -0.05) is 0 Å². The molecule has 0 saturated carbocycles. The first-order valence-corrected chi connectivity index (χ1v) is 7.27. The van der Waals surface area contributed by atoms with Gasteiger partial charge in [0, 0.05) is 18.2 Å². The van der Waals surface area contributed by atoms with Crippen molar-refractivity contribution < 1.29 is 14.6 Å². The minimum absolute atomic E-state index is 0.243. The third kappa shape index (κ3) is 3.64. The lowest BCUT2D eigenvalue weighted by Gasteiger charge is -2.26. The molecule has 0 aromatic heterocycles. The first-order valence-electron chi connectivity index (χ1n) is 7.27. The van der Waals surface area contributed by atoms with Crippen molar-refractivity contribution in [2.45, 2.75) is 44.9 Å². The Kier molecular flexibility index (Phi) is 5.26. The Bertz CT molecular complexity index is 434. The van der Waals surface area contributed by atoms with Crippen LogP contribution in [0.3, 0.4) is 0 Å². The third-order valence-electron chi connectivity index (χ3n) is 3.97. The zero-order valence-electron chi connectivity index (χ0n) is 12.6. The average Bonchev–Trinajstić information content (AvgIpc) is 2.85. The number of hydrogen-bond donors (Lipinski definition) is 1. The summed E-state index contributed by atoms with van der Waals surface area (Å²) in [5, 5.41) is 9.61. The van der Waals surface area contributed by atoms with Crippen LogP contribution in [0.2, 0.25) is 0 Å². The molecular formula is C16H25NO3. The Hall–Kier alpha value is -1.26. The second-order valence-corrected chi connectivity index (χ2v) is 5.53. The topological polar surface area (TPSA) is 41.9 Å². The van der Waals surface area contributed by atoms with Crippen molar-refractivity contribution in [1.29, 1.82) is 0 Å². The predicted octanol–water partition coefficient (Wildman–Crippen LogP) is 2.44. The van der Waals surface area contributed by atoms with E-state index in [9.17, 15) is 5.11 Å². The summed E-state index contributed by atoms with van der Waals surface area (Å²) < 4.78 is 10.7. The van der Waals surface area contributed by atoms with Gasteiger partial charge in [-0.25, -0.2) is 0 Å². The minimum atomic E-state index is -0.243. The molecule has 0 amide bonds. The number of aliphatic hydroxyl groups excluding tert-OH is 1. The molecule has 1 fully saturated rings. The summed E-state index contributed by atoms with van der Waals surface area (Å²) in [5.41, 5.74) is 1.14. The highest BCUT2D eigenvalue weighted by Crippen LogP contribution is 2.29. The number of aliphatic hydroxyl groups is 1. The maximum atomic E-state index is 9.61. The van der Waals surface area contributed by atoms with Crippen molar-refractivity contribution >= 4 is 0 Å². The Labute approximate surface area is 121 Å². The van der Waals surface area contributed by atoms with Gasteiger partial charge in [-0.2, -0.15) is 0 Å². The molecule has 2 rings (SSSR count). The molecule has 112 valence electrons. The van der Waals surface area contributed by atoms with Gasteiger partial charge in [-0.15, -0.1) is 0 Å². The summed E-state index contributed by atoms with van der Waals surface area (Å²) in [5.74, 6) is 1.75. The Balaban J connectivity index is 2.11. The van der Waals surface area contributed by atoms with Crippen molar-refractivity contribution in [3.05, 3.63) is 23.8 Å². The molecule has 4 nitrogen and oxygen atoms in total. The van der Waals surface area contributed by atoms with Crippen molar-refractivity contribution in [1.82, 2.24) is 4.90 Å². The molecule has 1 saturated heterocycles. The normalized spacial score (nSPS) is 20.9. The molecule has 2 unspecified atom stereocenters. The molecular weight excluding hydrogens is 254 g/mol. The molecule has 20 heavy (non-hydrogen) atoms. The molecule has 0 radical (unpaired) electrons. The van der Waals surface area contributed by atoms with Crippen LogP contribution in [0, 0.1) is 0 Å². The molecule has 1 aliphatic rings. The second kappa shape index (κ2) is 6.95. The molecule has 1 aliphatic heterocycles. The van der Waals surface area contributed by atoms with Gasteiger partial charge < -0.3 is 14.6 Å². The summed E-state index contributed by atoms with van der Waals surface area (Å²) in [4.78, 5) is 2.43. The van der Waals surface area contributed by atoms with E-state index in [1.807, 2.05) is 25.1 Å². The largest absolute Gasteiger partial charge is 0.497 e. The molecule has 1 aromatic carbocycles. The van der Waals surface area contributed by atoms with E-state index in [1.165, 1.54) is 6.42 Å². The quantitative estimate of drug-likeness (QED) is 0.868. The Morgan fingerprint density at radius 1 is 1.35 bits per heavy atom. The lowest BCUT2D eigenvalue weighted by molar-refractivity contribution is 0.130. The number of rotatable bonds is 6. The van der Waals surface area contributed by atoms with E-state index in [2.05, 4.69) is 4.90 Å². The summed E-state index contributed by atoms with van der Waals surface area (Å²) in [7, 11) is 3.38. The van der Waals surface area contributed by atoms with Crippen LogP contribution in [0.15, 0.2) is 18.2 Å². The summed E-state index contributed by atoms with van der Waals surface area (Å²) in [6.45, 7) is 3.79. The van der Waals surface area contributed by atoms with Crippen LogP contribution in [0.25, 0.3) is 0 Å². The number of likely N-dealkylation sites (tertiary alicyclic amines) is 1. The highest BCUT2D eigenvalue weighted by Gasteiger charge is 2.26. The van der Waals surface area contributed by atoms with Crippen LogP contribution in [0.4, 0.5) is 0 Å². The third-order valence-corrected chi connectivity index (χ3v) is 3.97. The highest BCUT2D eigenvalue weighted by molar-refractivity contribution is 5.40. The summed E-state index contributed by atoms with van der Waals surface area (Å²) >= 11 is 0. The SMILES string of the molecule is COc1ccc(OC)c(CN2CCCC2CC(C)O)c1. The van der Waals surface area contributed by atoms with Gasteiger partial charge >= 0.3 is 0 Å². The minimum Gasteiger partial charge on any atom is -0.497 e. The van der Waals surface area contributed by atoms with Crippen LogP contribution in [0.1, 0.15) is 31.7 Å². The molecule has 1 heterocycles. The monoisotopic (exact) mass is 279 g/mol. The van der Waals surface area contributed by atoms with Crippen molar-refractivity contribution in [3.63, 3.8) is 0 Å². The van der Waals surface area contributed by atoms with E-state index in [0.29, 0.717) is 6.04 Å². The molecule has 1 N–H and O–H groups in total. The maximum Gasteiger partial charge on any atom is 0.123 e. The van der Waals surface area contributed by atoms with Crippen molar-refractivity contribution in [2.75, 3.05) is 20.8 Å². The van der Waals surface area contributed by atoms with Crippen molar-refractivity contribution in [3.8, 4) is 11.5 Å².